The van der Waals surface area contributed by atoms with Crippen molar-refractivity contribution in [1.82, 2.24) is 15.1 Å². The normalized spacial score (nSPS) is 13.0. The molecule has 0 aliphatic heterocycles. The fraction of sp³-hybridized carbons (Fsp3) is 0.375. The average Bonchev–Trinajstić information content (AvgIpc) is 2.97. The number of hydrogen-bond donors (Lipinski definition) is 2. The third-order valence-corrected chi connectivity index (χ3v) is 3.62. The Kier molecular flexibility index (Phi) is 5.06. The van der Waals surface area contributed by atoms with Crippen molar-refractivity contribution in [3.05, 3.63) is 52.6 Å². The van der Waals surface area contributed by atoms with Crippen LogP contribution in [0.2, 0.25) is 5.02 Å². The van der Waals surface area contributed by atoms with Crippen molar-refractivity contribution >= 4 is 17.5 Å². The van der Waals surface area contributed by atoms with E-state index in [4.69, 9.17) is 11.6 Å². The minimum absolute atomic E-state index is 0.0143. The van der Waals surface area contributed by atoms with Gasteiger partial charge in [-0.15, -0.1) is 0 Å². The molecule has 0 aliphatic carbocycles. The van der Waals surface area contributed by atoms with Crippen LogP contribution in [0.5, 0.6) is 0 Å². The van der Waals surface area contributed by atoms with E-state index < -0.39 is 11.9 Å². The van der Waals surface area contributed by atoms with Gasteiger partial charge in [-0.05, 0) is 38.5 Å². The zero-order chi connectivity index (χ0) is 17.2. The molecule has 23 heavy (non-hydrogen) atoms. The molecular formula is C16H19ClFN3O2. The lowest BCUT2D eigenvalue weighted by Crippen LogP contribution is -2.28. The van der Waals surface area contributed by atoms with Crippen molar-refractivity contribution in [2.45, 2.75) is 32.4 Å². The summed E-state index contributed by atoms with van der Waals surface area (Å²) < 4.78 is 15.1. The summed E-state index contributed by atoms with van der Waals surface area (Å²) in [5.74, 6) is -0.963. The largest absolute Gasteiger partial charge is 0.387 e. The highest BCUT2D eigenvalue weighted by Crippen LogP contribution is 2.20. The Balaban J connectivity index is 1.98. The van der Waals surface area contributed by atoms with Gasteiger partial charge in [-0.25, -0.2) is 4.39 Å². The Morgan fingerprint density at radius 1 is 1.48 bits per heavy atom. The highest BCUT2D eigenvalue weighted by atomic mass is 35.5. The van der Waals surface area contributed by atoms with E-state index in [9.17, 15) is 14.3 Å². The molecule has 0 radical (unpaired) electrons. The molecule has 0 bridgehead atoms. The molecule has 0 fully saturated rings. The number of nitrogens with zero attached hydrogens (tertiary/aromatic N) is 2. The van der Waals surface area contributed by atoms with Crippen LogP contribution in [-0.2, 0) is 5.54 Å². The molecule has 1 amide bonds. The second-order valence-electron chi connectivity index (χ2n) is 6.24. The second-order valence-corrected chi connectivity index (χ2v) is 6.65. The molecule has 2 aromatic rings. The summed E-state index contributed by atoms with van der Waals surface area (Å²) in [5.41, 5.74) is 0.519. The summed E-state index contributed by atoms with van der Waals surface area (Å²) in [6, 6.07) is 4.03. The van der Waals surface area contributed by atoms with Crippen LogP contribution < -0.4 is 5.32 Å². The third-order valence-electron chi connectivity index (χ3n) is 3.32. The number of aliphatic hydroxyl groups excluding tert-OH is 1. The maximum atomic E-state index is 13.4. The van der Waals surface area contributed by atoms with E-state index in [1.165, 1.54) is 18.3 Å². The molecule has 1 heterocycles. The number of hydrogen-bond acceptors (Lipinski definition) is 3. The molecule has 1 atom stereocenters. The first kappa shape index (κ1) is 17.4. The first-order valence-corrected chi connectivity index (χ1v) is 7.52. The Labute approximate surface area is 139 Å². The molecule has 5 nitrogen and oxygen atoms in total. The third kappa shape index (κ3) is 4.30. The lowest BCUT2D eigenvalue weighted by Gasteiger charge is -2.18. The lowest BCUT2D eigenvalue weighted by atomic mass is 10.1. The molecule has 1 aromatic heterocycles. The van der Waals surface area contributed by atoms with Gasteiger partial charge in [-0.2, -0.15) is 5.10 Å². The average molecular weight is 340 g/mol. The predicted molar refractivity (Wildman–Crippen MR) is 85.9 cm³/mol. The minimum Gasteiger partial charge on any atom is -0.387 e. The number of aliphatic hydroxyl groups is 1. The number of nitrogens with one attached hydrogen (secondary N) is 1. The predicted octanol–water partition coefficient (Wildman–Crippen LogP) is 2.89. The highest BCUT2D eigenvalue weighted by molar-refractivity contribution is 6.30. The minimum atomic E-state index is -1.02. The number of halogens is 2. The van der Waals surface area contributed by atoms with Crippen LogP contribution in [0.15, 0.2) is 30.6 Å². The number of carbonyl (C=O) groups is 1. The lowest BCUT2D eigenvalue weighted by molar-refractivity contribution is 0.0916. The van der Waals surface area contributed by atoms with Gasteiger partial charge in [-0.3, -0.25) is 9.48 Å². The fourth-order valence-electron chi connectivity index (χ4n) is 1.94. The molecule has 7 heteroatoms. The molecule has 0 spiro atoms. The summed E-state index contributed by atoms with van der Waals surface area (Å²) >= 11 is 5.60. The van der Waals surface area contributed by atoms with Gasteiger partial charge in [0.2, 0.25) is 0 Å². The van der Waals surface area contributed by atoms with Crippen molar-refractivity contribution in [2.75, 3.05) is 6.54 Å². The van der Waals surface area contributed by atoms with E-state index >= 15 is 0 Å². The quantitative estimate of drug-likeness (QED) is 0.900. The van der Waals surface area contributed by atoms with Crippen LogP contribution in [0.3, 0.4) is 0 Å². The van der Waals surface area contributed by atoms with Crippen molar-refractivity contribution in [3.63, 3.8) is 0 Å². The number of benzene rings is 1. The first-order valence-electron chi connectivity index (χ1n) is 7.15. The smallest absolute Gasteiger partial charge is 0.254 e. The zero-order valence-electron chi connectivity index (χ0n) is 13.2. The number of aromatic nitrogens is 2. The van der Waals surface area contributed by atoms with Crippen LogP contribution in [0.25, 0.3) is 0 Å². The summed E-state index contributed by atoms with van der Waals surface area (Å²) in [5, 5.41) is 16.7. The van der Waals surface area contributed by atoms with Gasteiger partial charge in [0, 0.05) is 12.7 Å². The Bertz CT molecular complexity index is 710. The van der Waals surface area contributed by atoms with Crippen LogP contribution in [-0.4, -0.2) is 27.3 Å². The molecule has 2 N–H and O–H groups in total. The van der Waals surface area contributed by atoms with E-state index in [1.54, 1.807) is 10.9 Å². The molecule has 0 aliphatic rings. The van der Waals surface area contributed by atoms with Crippen LogP contribution in [0.1, 0.15) is 42.8 Å². The fourth-order valence-corrected chi connectivity index (χ4v) is 2.05. The highest BCUT2D eigenvalue weighted by Gasteiger charge is 2.18. The van der Waals surface area contributed by atoms with Gasteiger partial charge in [0.1, 0.15) is 5.82 Å². The number of amides is 1. The molecule has 1 aromatic carbocycles. The maximum Gasteiger partial charge on any atom is 0.254 e. The maximum absolute atomic E-state index is 13.4. The van der Waals surface area contributed by atoms with E-state index in [0.29, 0.717) is 11.1 Å². The van der Waals surface area contributed by atoms with Crippen LogP contribution in [0, 0.1) is 5.82 Å². The molecule has 2 rings (SSSR count). The monoisotopic (exact) mass is 339 g/mol. The molecule has 124 valence electrons. The first-order chi connectivity index (χ1) is 10.7. The Hall–Kier alpha value is -1.92. The van der Waals surface area contributed by atoms with Gasteiger partial charge in [0.25, 0.3) is 5.91 Å². The van der Waals surface area contributed by atoms with Crippen molar-refractivity contribution in [1.29, 1.82) is 0 Å². The number of rotatable bonds is 4. The Morgan fingerprint density at radius 2 is 2.17 bits per heavy atom. The summed E-state index contributed by atoms with van der Waals surface area (Å²) in [6.45, 7) is 5.88. The molecule has 0 saturated heterocycles. The van der Waals surface area contributed by atoms with E-state index in [0.717, 1.165) is 6.07 Å². The van der Waals surface area contributed by atoms with Gasteiger partial charge >= 0.3 is 0 Å². The van der Waals surface area contributed by atoms with Crippen molar-refractivity contribution in [3.8, 4) is 0 Å². The van der Waals surface area contributed by atoms with Crippen LogP contribution >= 0.6 is 11.6 Å². The molecule has 1 unspecified atom stereocenters. The standard InChI is InChI=1S/C16H19ClFN3O2/c1-16(2,3)21-9-11(7-20-21)15(23)19-8-14(22)10-4-5-12(17)13(18)6-10/h4-7,9,14,22H,8H2,1-3H3,(H,19,23). The summed E-state index contributed by atoms with van der Waals surface area (Å²) in [6.07, 6.45) is 2.09. The van der Waals surface area contributed by atoms with E-state index in [-0.39, 0.29) is 23.0 Å². The summed E-state index contributed by atoms with van der Waals surface area (Å²) in [4.78, 5) is 12.1. The zero-order valence-corrected chi connectivity index (χ0v) is 13.9. The van der Waals surface area contributed by atoms with E-state index in [1.807, 2.05) is 20.8 Å². The van der Waals surface area contributed by atoms with E-state index in [2.05, 4.69) is 10.4 Å². The summed E-state index contributed by atoms with van der Waals surface area (Å²) in [7, 11) is 0. The Morgan fingerprint density at radius 3 is 2.74 bits per heavy atom. The van der Waals surface area contributed by atoms with Gasteiger partial charge < -0.3 is 10.4 Å². The number of carbonyl (C=O) groups excluding carboxylic acids is 1. The van der Waals surface area contributed by atoms with Crippen molar-refractivity contribution in [2.24, 2.45) is 0 Å². The topological polar surface area (TPSA) is 67.2 Å². The van der Waals surface area contributed by atoms with Gasteiger partial charge in [-0.1, -0.05) is 17.7 Å². The molecular weight excluding hydrogens is 321 g/mol. The molecule has 0 saturated carbocycles. The van der Waals surface area contributed by atoms with Crippen LogP contribution in [0.4, 0.5) is 4.39 Å². The van der Waals surface area contributed by atoms with Gasteiger partial charge in [0.05, 0.1) is 28.4 Å². The SMILES string of the molecule is CC(C)(C)n1cc(C(=O)NCC(O)c2ccc(Cl)c(F)c2)cn1. The second kappa shape index (κ2) is 6.68. The van der Waals surface area contributed by atoms with Crippen molar-refractivity contribution < 1.29 is 14.3 Å². The van der Waals surface area contributed by atoms with Gasteiger partial charge in [0.15, 0.2) is 0 Å².